The van der Waals surface area contributed by atoms with Gasteiger partial charge in [-0.05, 0) is 72.0 Å². The maximum absolute atomic E-state index is 12.0. The SMILES string of the molecule is CNCCNCCCOC(=O)CC1CCN(c2nc(Br)ccc2N=O)CC1. The number of nitroso groups, excluding NO2 is 1. The number of pyridine rings is 1. The molecule has 1 saturated heterocycles. The Hall–Kier alpha value is -1.58. The molecular formula is C18H28BrN5O3. The monoisotopic (exact) mass is 441 g/mol. The van der Waals surface area contributed by atoms with E-state index < -0.39 is 0 Å². The van der Waals surface area contributed by atoms with Crippen LogP contribution in [0, 0.1) is 10.8 Å². The lowest BCUT2D eigenvalue weighted by Crippen LogP contribution is -2.35. The molecule has 0 amide bonds. The van der Waals surface area contributed by atoms with Crippen LogP contribution in [0.3, 0.4) is 0 Å². The van der Waals surface area contributed by atoms with E-state index >= 15 is 0 Å². The average molecular weight is 442 g/mol. The molecule has 2 N–H and O–H groups in total. The average Bonchev–Trinajstić information content (AvgIpc) is 2.68. The van der Waals surface area contributed by atoms with E-state index in [0.717, 1.165) is 52.0 Å². The molecule has 1 aliphatic rings. The lowest BCUT2D eigenvalue weighted by molar-refractivity contribution is -0.145. The molecule has 8 nitrogen and oxygen atoms in total. The zero-order valence-corrected chi connectivity index (χ0v) is 17.3. The van der Waals surface area contributed by atoms with Crippen LogP contribution in [0.15, 0.2) is 21.9 Å². The second kappa shape index (κ2) is 12.0. The molecule has 27 heavy (non-hydrogen) atoms. The van der Waals surface area contributed by atoms with Gasteiger partial charge in [0.25, 0.3) is 0 Å². The van der Waals surface area contributed by atoms with Crippen LogP contribution in [0.5, 0.6) is 0 Å². The highest BCUT2D eigenvalue weighted by molar-refractivity contribution is 9.10. The predicted octanol–water partition coefficient (Wildman–Crippen LogP) is 2.59. The quantitative estimate of drug-likeness (QED) is 0.235. The predicted molar refractivity (Wildman–Crippen MR) is 109 cm³/mol. The van der Waals surface area contributed by atoms with Crippen molar-refractivity contribution in [3.05, 3.63) is 21.6 Å². The molecule has 1 aromatic heterocycles. The van der Waals surface area contributed by atoms with Gasteiger partial charge in [0.1, 0.15) is 4.60 Å². The highest BCUT2D eigenvalue weighted by Gasteiger charge is 2.24. The van der Waals surface area contributed by atoms with E-state index in [2.05, 4.69) is 41.6 Å². The van der Waals surface area contributed by atoms with Gasteiger partial charge in [-0.15, -0.1) is 4.91 Å². The van der Waals surface area contributed by atoms with Crippen molar-refractivity contribution in [2.45, 2.75) is 25.7 Å². The zero-order chi connectivity index (χ0) is 19.5. The summed E-state index contributed by atoms with van der Waals surface area (Å²) in [6, 6.07) is 3.37. The van der Waals surface area contributed by atoms with Crippen molar-refractivity contribution in [1.82, 2.24) is 15.6 Å². The first-order chi connectivity index (χ1) is 13.1. The summed E-state index contributed by atoms with van der Waals surface area (Å²) in [6.45, 7) is 4.65. The van der Waals surface area contributed by atoms with Crippen LogP contribution < -0.4 is 15.5 Å². The lowest BCUT2D eigenvalue weighted by Gasteiger charge is -2.32. The molecule has 0 aliphatic carbocycles. The minimum absolute atomic E-state index is 0.125. The van der Waals surface area contributed by atoms with Gasteiger partial charge < -0.3 is 20.3 Å². The summed E-state index contributed by atoms with van der Waals surface area (Å²) in [4.78, 5) is 29.4. The second-order valence-corrected chi connectivity index (χ2v) is 7.44. The number of piperidine rings is 1. The van der Waals surface area contributed by atoms with Crippen LogP contribution in [0.1, 0.15) is 25.7 Å². The number of halogens is 1. The van der Waals surface area contributed by atoms with E-state index in [1.165, 1.54) is 0 Å². The summed E-state index contributed by atoms with van der Waals surface area (Å²) in [6.07, 6.45) is 3.01. The van der Waals surface area contributed by atoms with Crippen molar-refractivity contribution in [1.29, 1.82) is 0 Å². The molecule has 0 spiro atoms. The molecule has 150 valence electrons. The molecule has 0 atom stereocenters. The van der Waals surface area contributed by atoms with Crippen LogP contribution in [-0.4, -0.2) is 57.3 Å². The van der Waals surface area contributed by atoms with Gasteiger partial charge in [0.15, 0.2) is 11.5 Å². The normalized spacial score (nSPS) is 15.0. The van der Waals surface area contributed by atoms with Crippen LogP contribution >= 0.6 is 15.9 Å². The second-order valence-electron chi connectivity index (χ2n) is 6.63. The number of rotatable bonds is 11. The van der Waals surface area contributed by atoms with Gasteiger partial charge in [-0.2, -0.15) is 0 Å². The Balaban J connectivity index is 1.66. The van der Waals surface area contributed by atoms with E-state index in [9.17, 15) is 9.70 Å². The first kappa shape index (κ1) is 21.7. The van der Waals surface area contributed by atoms with Gasteiger partial charge in [-0.3, -0.25) is 4.79 Å². The molecule has 0 aromatic carbocycles. The fourth-order valence-corrected chi connectivity index (χ4v) is 3.39. The fourth-order valence-electron chi connectivity index (χ4n) is 3.09. The highest BCUT2D eigenvalue weighted by Crippen LogP contribution is 2.32. The van der Waals surface area contributed by atoms with E-state index in [4.69, 9.17) is 4.74 Å². The summed E-state index contributed by atoms with van der Waals surface area (Å²) in [5.41, 5.74) is 0.347. The van der Waals surface area contributed by atoms with Gasteiger partial charge in [0.05, 0.1) is 6.61 Å². The number of hydrogen-bond donors (Lipinski definition) is 2. The smallest absolute Gasteiger partial charge is 0.306 e. The van der Waals surface area contributed by atoms with Crippen LogP contribution in [0.25, 0.3) is 0 Å². The Morgan fingerprint density at radius 2 is 2.11 bits per heavy atom. The molecule has 2 rings (SSSR count). The molecule has 1 aliphatic heterocycles. The van der Waals surface area contributed by atoms with E-state index in [0.29, 0.717) is 35.1 Å². The highest BCUT2D eigenvalue weighted by atomic mass is 79.9. The van der Waals surface area contributed by atoms with E-state index in [1.54, 1.807) is 12.1 Å². The molecule has 0 radical (unpaired) electrons. The Morgan fingerprint density at radius 1 is 1.33 bits per heavy atom. The van der Waals surface area contributed by atoms with Crippen molar-refractivity contribution in [2.24, 2.45) is 11.1 Å². The van der Waals surface area contributed by atoms with Gasteiger partial charge in [0.2, 0.25) is 0 Å². The number of ether oxygens (including phenoxy) is 1. The summed E-state index contributed by atoms with van der Waals surface area (Å²) in [5.74, 6) is 0.785. The minimum Gasteiger partial charge on any atom is -0.466 e. The summed E-state index contributed by atoms with van der Waals surface area (Å²) >= 11 is 3.33. The molecular weight excluding hydrogens is 414 g/mol. The molecule has 0 bridgehead atoms. The Kier molecular flexibility index (Phi) is 9.65. The number of likely N-dealkylation sites (N-methyl/N-ethyl adjacent to an activating group) is 1. The maximum atomic E-state index is 12.0. The Labute approximate surface area is 168 Å². The third-order valence-corrected chi connectivity index (χ3v) is 5.04. The number of carbonyl (C=O) groups excluding carboxylic acids is 1. The van der Waals surface area contributed by atoms with E-state index in [1.807, 2.05) is 7.05 Å². The number of carbonyl (C=O) groups is 1. The third kappa shape index (κ3) is 7.51. The lowest BCUT2D eigenvalue weighted by atomic mass is 9.93. The van der Waals surface area contributed by atoms with Crippen LogP contribution in [-0.2, 0) is 9.53 Å². The number of nitrogens with one attached hydrogen (secondary N) is 2. The first-order valence-electron chi connectivity index (χ1n) is 9.40. The van der Waals surface area contributed by atoms with Gasteiger partial charge >= 0.3 is 5.97 Å². The molecule has 1 aromatic rings. The van der Waals surface area contributed by atoms with Crippen molar-refractivity contribution < 1.29 is 9.53 Å². The van der Waals surface area contributed by atoms with Crippen LogP contribution in [0.4, 0.5) is 11.5 Å². The summed E-state index contributed by atoms with van der Waals surface area (Å²) in [7, 11) is 1.92. The van der Waals surface area contributed by atoms with Crippen molar-refractivity contribution in [3.63, 3.8) is 0 Å². The van der Waals surface area contributed by atoms with Crippen molar-refractivity contribution in [2.75, 3.05) is 51.3 Å². The molecule has 1 fully saturated rings. The van der Waals surface area contributed by atoms with Gasteiger partial charge in [-0.25, -0.2) is 4.98 Å². The van der Waals surface area contributed by atoms with Gasteiger partial charge in [0, 0.05) is 32.6 Å². The molecule has 2 heterocycles. The Morgan fingerprint density at radius 3 is 2.81 bits per heavy atom. The number of nitrogens with zero attached hydrogens (tertiary/aromatic N) is 3. The molecule has 0 unspecified atom stereocenters. The number of aromatic nitrogens is 1. The topological polar surface area (TPSA) is 95.9 Å². The van der Waals surface area contributed by atoms with Crippen molar-refractivity contribution >= 4 is 33.4 Å². The van der Waals surface area contributed by atoms with Crippen LogP contribution in [0.2, 0.25) is 0 Å². The standard InChI is InChI=1S/C18H28BrN5O3/c1-20-8-9-21-7-2-12-27-17(25)13-14-5-10-24(11-6-14)18-15(23-26)3-4-16(19)22-18/h3-4,14,20-21H,2,5-13H2,1H3. The number of anilines is 1. The third-order valence-electron chi connectivity index (χ3n) is 4.60. The van der Waals surface area contributed by atoms with E-state index in [-0.39, 0.29) is 5.97 Å². The largest absolute Gasteiger partial charge is 0.466 e. The number of hydrogen-bond acceptors (Lipinski definition) is 8. The van der Waals surface area contributed by atoms with Crippen molar-refractivity contribution in [3.8, 4) is 0 Å². The number of esters is 1. The summed E-state index contributed by atoms with van der Waals surface area (Å²) in [5, 5.41) is 9.40. The zero-order valence-electron chi connectivity index (χ0n) is 15.7. The minimum atomic E-state index is -0.125. The fraction of sp³-hybridized carbons (Fsp3) is 0.667. The first-order valence-corrected chi connectivity index (χ1v) is 10.2. The maximum Gasteiger partial charge on any atom is 0.306 e. The molecule has 0 saturated carbocycles. The Bertz CT molecular complexity index is 609. The molecule has 9 heteroatoms. The summed E-state index contributed by atoms with van der Waals surface area (Å²) < 4.78 is 6.01. The van der Waals surface area contributed by atoms with Gasteiger partial charge in [-0.1, -0.05) is 0 Å².